The number of benzene rings is 1. The third-order valence-corrected chi connectivity index (χ3v) is 2.29. The van der Waals surface area contributed by atoms with E-state index in [1.807, 2.05) is 0 Å². The van der Waals surface area contributed by atoms with Crippen LogP contribution >= 0.6 is 0 Å². The zero-order valence-corrected chi connectivity index (χ0v) is 10.2. The molecule has 1 aromatic carbocycles. The minimum Gasteiger partial charge on any atom is -0.399 e. The average Bonchev–Trinajstić information content (AvgIpc) is 2.38. The number of nitrogens with one attached hydrogen (secondary N) is 1. The zero-order valence-electron chi connectivity index (χ0n) is 10.2. The summed E-state index contributed by atoms with van der Waals surface area (Å²) < 4.78 is 13.1. The second-order valence-electron chi connectivity index (χ2n) is 3.57. The molecular weight excluding hydrogens is 249 g/mol. The number of halogens is 1. The highest BCUT2D eigenvalue weighted by Gasteiger charge is 2.08. The van der Waals surface area contributed by atoms with E-state index in [4.69, 9.17) is 5.73 Å². The Balaban J connectivity index is 2.34. The Kier molecular flexibility index (Phi) is 3.87. The van der Waals surface area contributed by atoms with Crippen LogP contribution in [0.4, 0.5) is 21.7 Å². The number of nitrogen functional groups attached to an aromatic ring is 1. The third-order valence-electron chi connectivity index (χ3n) is 2.29. The summed E-state index contributed by atoms with van der Waals surface area (Å²) in [5.74, 6) is 0.313. The molecule has 0 fully saturated rings. The van der Waals surface area contributed by atoms with Crippen molar-refractivity contribution in [1.82, 2.24) is 9.97 Å². The molecule has 0 saturated carbocycles. The number of rotatable bonds is 4. The highest BCUT2D eigenvalue weighted by molar-refractivity contribution is 5.92. The zero-order chi connectivity index (χ0) is 13.7. The van der Waals surface area contributed by atoms with Crippen LogP contribution in [0, 0.1) is 5.82 Å². The number of anilines is 3. The second-order valence-corrected chi connectivity index (χ2v) is 3.57. The molecular formula is C12H12FN5O. The maximum atomic E-state index is 13.1. The second kappa shape index (κ2) is 5.76. The van der Waals surface area contributed by atoms with Crippen molar-refractivity contribution in [2.24, 2.45) is 5.16 Å². The number of hydrogen-bond acceptors (Lipinski definition) is 6. The normalized spacial score (nSPS) is 10.6. The maximum Gasteiger partial charge on any atom is 0.144 e. The molecule has 0 radical (unpaired) electrons. The van der Waals surface area contributed by atoms with Gasteiger partial charge in [-0.3, -0.25) is 0 Å². The van der Waals surface area contributed by atoms with Gasteiger partial charge in [0.15, 0.2) is 0 Å². The van der Waals surface area contributed by atoms with Gasteiger partial charge in [0.2, 0.25) is 0 Å². The summed E-state index contributed by atoms with van der Waals surface area (Å²) in [5, 5.41) is 6.57. The Morgan fingerprint density at radius 3 is 3.00 bits per heavy atom. The quantitative estimate of drug-likeness (QED) is 0.648. The molecule has 2 aromatic rings. The topological polar surface area (TPSA) is 85.4 Å². The Labute approximate surface area is 109 Å². The van der Waals surface area contributed by atoms with E-state index in [1.54, 1.807) is 12.1 Å². The molecule has 0 aliphatic carbocycles. The summed E-state index contributed by atoms with van der Waals surface area (Å²) in [6, 6.07) is 5.99. The first-order chi connectivity index (χ1) is 9.20. The van der Waals surface area contributed by atoms with E-state index in [1.165, 1.54) is 31.8 Å². The van der Waals surface area contributed by atoms with Gasteiger partial charge in [-0.2, -0.15) is 0 Å². The molecule has 0 spiro atoms. The van der Waals surface area contributed by atoms with E-state index in [0.717, 1.165) is 0 Å². The average molecular weight is 261 g/mol. The molecule has 1 aromatic heterocycles. The summed E-state index contributed by atoms with van der Waals surface area (Å²) in [6.45, 7) is 0. The van der Waals surface area contributed by atoms with E-state index in [9.17, 15) is 4.39 Å². The number of nitrogens with zero attached hydrogens (tertiary/aromatic N) is 3. The van der Waals surface area contributed by atoms with Crippen LogP contribution in [0.1, 0.15) is 5.56 Å². The van der Waals surface area contributed by atoms with Crippen molar-refractivity contribution in [2.75, 3.05) is 18.2 Å². The molecule has 0 unspecified atom stereocenters. The first-order valence-electron chi connectivity index (χ1n) is 5.40. The van der Waals surface area contributed by atoms with Crippen molar-refractivity contribution in [1.29, 1.82) is 0 Å². The van der Waals surface area contributed by atoms with Gasteiger partial charge in [0.25, 0.3) is 0 Å². The SMILES string of the molecule is CON=Cc1c(N)ncnc1Nc1cccc(F)c1. The van der Waals surface area contributed by atoms with Crippen LogP contribution in [0.15, 0.2) is 35.7 Å². The van der Waals surface area contributed by atoms with Crippen LogP contribution in [0.5, 0.6) is 0 Å². The lowest BCUT2D eigenvalue weighted by atomic mass is 10.2. The van der Waals surface area contributed by atoms with E-state index in [-0.39, 0.29) is 11.6 Å². The fourth-order valence-corrected chi connectivity index (χ4v) is 1.44. The van der Waals surface area contributed by atoms with Gasteiger partial charge >= 0.3 is 0 Å². The van der Waals surface area contributed by atoms with Crippen molar-refractivity contribution in [3.63, 3.8) is 0 Å². The molecule has 1 heterocycles. The predicted octanol–water partition coefficient (Wildman–Crippen LogP) is 1.92. The molecule has 19 heavy (non-hydrogen) atoms. The first-order valence-corrected chi connectivity index (χ1v) is 5.40. The predicted molar refractivity (Wildman–Crippen MR) is 70.7 cm³/mol. The van der Waals surface area contributed by atoms with Crippen LogP contribution in [-0.2, 0) is 4.84 Å². The van der Waals surface area contributed by atoms with Gasteiger partial charge < -0.3 is 15.9 Å². The third kappa shape index (κ3) is 3.15. The molecule has 0 aliphatic heterocycles. The van der Waals surface area contributed by atoms with Crippen LogP contribution in [0.25, 0.3) is 0 Å². The summed E-state index contributed by atoms with van der Waals surface area (Å²) in [7, 11) is 1.41. The Bertz CT molecular complexity index is 602. The van der Waals surface area contributed by atoms with Gasteiger partial charge in [0, 0.05) is 5.69 Å². The van der Waals surface area contributed by atoms with Crippen LogP contribution < -0.4 is 11.1 Å². The van der Waals surface area contributed by atoms with E-state index < -0.39 is 0 Å². The van der Waals surface area contributed by atoms with Crippen molar-refractivity contribution >= 4 is 23.5 Å². The summed E-state index contributed by atoms with van der Waals surface area (Å²) in [5.41, 5.74) is 6.75. The van der Waals surface area contributed by atoms with Crippen LogP contribution in [0.3, 0.4) is 0 Å². The molecule has 2 rings (SSSR count). The lowest BCUT2D eigenvalue weighted by Gasteiger charge is -2.09. The first kappa shape index (κ1) is 12.7. The molecule has 0 amide bonds. The minimum absolute atomic E-state index is 0.245. The molecule has 0 bridgehead atoms. The monoisotopic (exact) mass is 261 g/mol. The van der Waals surface area contributed by atoms with Crippen molar-refractivity contribution in [3.05, 3.63) is 42.0 Å². The smallest absolute Gasteiger partial charge is 0.144 e. The Morgan fingerprint density at radius 2 is 2.26 bits per heavy atom. The molecule has 0 atom stereocenters. The van der Waals surface area contributed by atoms with E-state index in [2.05, 4.69) is 25.3 Å². The minimum atomic E-state index is -0.348. The van der Waals surface area contributed by atoms with Crippen LogP contribution in [-0.4, -0.2) is 23.3 Å². The Morgan fingerprint density at radius 1 is 1.42 bits per heavy atom. The summed E-state index contributed by atoms with van der Waals surface area (Å²) in [6.07, 6.45) is 2.69. The van der Waals surface area contributed by atoms with E-state index >= 15 is 0 Å². The molecule has 3 N–H and O–H groups in total. The van der Waals surface area contributed by atoms with Gasteiger partial charge in [-0.1, -0.05) is 11.2 Å². The summed E-state index contributed by atoms with van der Waals surface area (Å²) in [4.78, 5) is 12.5. The largest absolute Gasteiger partial charge is 0.399 e. The van der Waals surface area contributed by atoms with Crippen molar-refractivity contribution < 1.29 is 9.23 Å². The van der Waals surface area contributed by atoms with Gasteiger partial charge in [0.05, 0.1) is 11.8 Å². The Hall–Kier alpha value is -2.70. The van der Waals surface area contributed by atoms with Gasteiger partial charge in [-0.15, -0.1) is 0 Å². The molecule has 0 aliphatic rings. The van der Waals surface area contributed by atoms with Gasteiger partial charge in [0.1, 0.15) is 30.9 Å². The molecule has 6 nitrogen and oxygen atoms in total. The summed E-state index contributed by atoms with van der Waals surface area (Å²) >= 11 is 0. The molecule has 7 heteroatoms. The standard InChI is InChI=1S/C12H12FN5O/c1-19-17-6-10-11(14)15-7-16-12(10)18-9-4-2-3-8(13)5-9/h2-7H,1H3,(H3,14,15,16,18). The van der Waals surface area contributed by atoms with E-state index in [0.29, 0.717) is 17.1 Å². The van der Waals surface area contributed by atoms with Crippen molar-refractivity contribution in [2.45, 2.75) is 0 Å². The maximum absolute atomic E-state index is 13.1. The van der Waals surface area contributed by atoms with Gasteiger partial charge in [-0.05, 0) is 18.2 Å². The highest BCUT2D eigenvalue weighted by atomic mass is 19.1. The fourth-order valence-electron chi connectivity index (χ4n) is 1.44. The van der Waals surface area contributed by atoms with Crippen LogP contribution in [0.2, 0.25) is 0 Å². The van der Waals surface area contributed by atoms with Gasteiger partial charge in [-0.25, -0.2) is 14.4 Å². The number of aromatic nitrogens is 2. The van der Waals surface area contributed by atoms with Crippen molar-refractivity contribution in [3.8, 4) is 0 Å². The lowest BCUT2D eigenvalue weighted by Crippen LogP contribution is -2.05. The number of hydrogen-bond donors (Lipinski definition) is 2. The number of oxime groups is 1. The molecule has 0 saturated heterocycles. The molecule has 98 valence electrons. The number of nitrogens with two attached hydrogens (primary N) is 1. The highest BCUT2D eigenvalue weighted by Crippen LogP contribution is 2.20. The fraction of sp³-hybridized carbons (Fsp3) is 0.0833. The lowest BCUT2D eigenvalue weighted by molar-refractivity contribution is 0.215.